The standard InChI is InChI=1S/C17H26N2O5S/c1-5-24-17(21)14-8-6-7-9-15(14)18-16(20)12-19(25(4,22)23)11-10-13(2)3/h6-9,13H,5,10-12H2,1-4H3,(H,18,20). The number of carbonyl (C=O) groups excluding carboxylic acids is 2. The molecule has 0 bridgehead atoms. The van der Waals surface area contributed by atoms with Crippen molar-refractivity contribution in [3.63, 3.8) is 0 Å². The Morgan fingerprint density at radius 1 is 1.24 bits per heavy atom. The molecule has 25 heavy (non-hydrogen) atoms. The average Bonchev–Trinajstić information content (AvgIpc) is 2.50. The van der Waals surface area contributed by atoms with Crippen molar-refractivity contribution in [2.45, 2.75) is 27.2 Å². The fraction of sp³-hybridized carbons (Fsp3) is 0.529. The van der Waals surface area contributed by atoms with Crippen LogP contribution in [0.1, 0.15) is 37.6 Å². The minimum atomic E-state index is -3.50. The first kappa shape index (κ1) is 21.1. The molecule has 7 nitrogen and oxygen atoms in total. The Kier molecular flexibility index (Phi) is 8.05. The lowest BCUT2D eigenvalue weighted by Crippen LogP contribution is -2.38. The van der Waals surface area contributed by atoms with Crippen LogP contribution in [0.4, 0.5) is 5.69 Å². The van der Waals surface area contributed by atoms with E-state index in [1.807, 2.05) is 13.8 Å². The molecule has 1 N–H and O–H groups in total. The van der Waals surface area contributed by atoms with Crippen LogP contribution in [0.15, 0.2) is 24.3 Å². The number of amides is 1. The Balaban J connectivity index is 2.86. The summed E-state index contributed by atoms with van der Waals surface area (Å²) in [6.07, 6.45) is 1.73. The van der Waals surface area contributed by atoms with E-state index in [1.54, 1.807) is 31.2 Å². The van der Waals surface area contributed by atoms with Gasteiger partial charge in [0, 0.05) is 6.54 Å². The average molecular weight is 370 g/mol. The summed E-state index contributed by atoms with van der Waals surface area (Å²) in [6, 6.07) is 6.45. The van der Waals surface area contributed by atoms with Crippen LogP contribution >= 0.6 is 0 Å². The fourth-order valence-corrected chi connectivity index (χ4v) is 2.88. The third kappa shape index (κ3) is 7.23. The molecule has 0 heterocycles. The minimum absolute atomic E-state index is 0.220. The maximum Gasteiger partial charge on any atom is 0.340 e. The molecular formula is C17H26N2O5S. The molecule has 140 valence electrons. The zero-order chi connectivity index (χ0) is 19.0. The van der Waals surface area contributed by atoms with Crippen molar-refractivity contribution in [2.75, 3.05) is 31.3 Å². The van der Waals surface area contributed by atoms with Gasteiger partial charge in [-0.1, -0.05) is 26.0 Å². The topological polar surface area (TPSA) is 92.8 Å². The van der Waals surface area contributed by atoms with Crippen LogP contribution in [-0.2, 0) is 19.6 Å². The summed E-state index contributed by atoms with van der Waals surface area (Å²) in [6.45, 7) is 5.84. The van der Waals surface area contributed by atoms with Crippen LogP contribution < -0.4 is 5.32 Å². The SMILES string of the molecule is CCOC(=O)c1ccccc1NC(=O)CN(CCC(C)C)S(C)(=O)=O. The molecule has 0 saturated carbocycles. The fourth-order valence-electron chi connectivity index (χ4n) is 2.09. The number of benzene rings is 1. The van der Waals surface area contributed by atoms with E-state index in [0.29, 0.717) is 18.0 Å². The highest BCUT2D eigenvalue weighted by Gasteiger charge is 2.21. The number of anilines is 1. The lowest BCUT2D eigenvalue weighted by molar-refractivity contribution is -0.116. The number of para-hydroxylation sites is 1. The number of nitrogens with one attached hydrogen (secondary N) is 1. The summed E-state index contributed by atoms with van der Waals surface area (Å²) in [5, 5.41) is 2.59. The van der Waals surface area contributed by atoms with Gasteiger partial charge in [0.15, 0.2) is 0 Å². The van der Waals surface area contributed by atoms with E-state index in [9.17, 15) is 18.0 Å². The van der Waals surface area contributed by atoms with Crippen molar-refractivity contribution in [3.8, 4) is 0 Å². The summed E-state index contributed by atoms with van der Waals surface area (Å²) in [7, 11) is -3.50. The van der Waals surface area contributed by atoms with E-state index < -0.39 is 21.9 Å². The predicted molar refractivity (Wildman–Crippen MR) is 96.9 cm³/mol. The first-order valence-corrected chi connectivity index (χ1v) is 10.0. The quantitative estimate of drug-likeness (QED) is 0.672. The lowest BCUT2D eigenvalue weighted by atomic mass is 10.1. The number of nitrogens with zero attached hydrogens (tertiary/aromatic N) is 1. The first-order chi connectivity index (χ1) is 11.6. The highest BCUT2D eigenvalue weighted by atomic mass is 32.2. The van der Waals surface area contributed by atoms with Crippen LogP contribution in [0.2, 0.25) is 0 Å². The largest absolute Gasteiger partial charge is 0.462 e. The molecule has 1 amide bonds. The highest BCUT2D eigenvalue weighted by Crippen LogP contribution is 2.16. The van der Waals surface area contributed by atoms with Gasteiger partial charge in [0.05, 0.1) is 30.7 Å². The Labute approximate surface area is 149 Å². The second-order valence-electron chi connectivity index (χ2n) is 6.09. The van der Waals surface area contributed by atoms with Gasteiger partial charge < -0.3 is 10.1 Å². The Bertz CT molecular complexity index is 701. The van der Waals surface area contributed by atoms with Crippen LogP contribution in [0.3, 0.4) is 0 Å². The van der Waals surface area contributed by atoms with Crippen molar-refractivity contribution < 1.29 is 22.7 Å². The van der Waals surface area contributed by atoms with E-state index >= 15 is 0 Å². The Morgan fingerprint density at radius 2 is 1.88 bits per heavy atom. The minimum Gasteiger partial charge on any atom is -0.462 e. The third-order valence-electron chi connectivity index (χ3n) is 3.44. The summed E-state index contributed by atoms with van der Waals surface area (Å²) in [5.74, 6) is -0.735. The van der Waals surface area contributed by atoms with Gasteiger partial charge in [-0.15, -0.1) is 0 Å². The second-order valence-corrected chi connectivity index (χ2v) is 8.08. The van der Waals surface area contributed by atoms with Crippen molar-refractivity contribution in [1.82, 2.24) is 4.31 Å². The lowest BCUT2D eigenvalue weighted by Gasteiger charge is -2.20. The molecule has 0 aliphatic carbocycles. The molecule has 0 fully saturated rings. The molecular weight excluding hydrogens is 344 g/mol. The van der Waals surface area contributed by atoms with Gasteiger partial charge in [-0.05, 0) is 31.4 Å². The van der Waals surface area contributed by atoms with E-state index in [2.05, 4.69) is 5.32 Å². The van der Waals surface area contributed by atoms with Crippen molar-refractivity contribution in [1.29, 1.82) is 0 Å². The summed E-state index contributed by atoms with van der Waals surface area (Å²) < 4.78 is 29.8. The van der Waals surface area contributed by atoms with Gasteiger partial charge in [-0.3, -0.25) is 4.79 Å². The highest BCUT2D eigenvalue weighted by molar-refractivity contribution is 7.88. The summed E-state index contributed by atoms with van der Waals surface area (Å²) in [4.78, 5) is 24.2. The summed E-state index contributed by atoms with van der Waals surface area (Å²) in [5.41, 5.74) is 0.522. The molecule has 1 aromatic rings. The van der Waals surface area contributed by atoms with E-state index in [4.69, 9.17) is 4.74 Å². The Hall–Kier alpha value is -1.93. The molecule has 0 aliphatic heterocycles. The monoisotopic (exact) mass is 370 g/mol. The zero-order valence-electron chi connectivity index (χ0n) is 15.1. The predicted octanol–water partition coefficient (Wildman–Crippen LogP) is 2.11. The third-order valence-corrected chi connectivity index (χ3v) is 4.69. The zero-order valence-corrected chi connectivity index (χ0v) is 15.9. The van der Waals surface area contributed by atoms with E-state index in [-0.39, 0.29) is 25.3 Å². The normalized spacial score (nSPS) is 11.6. The molecule has 0 aromatic heterocycles. The smallest absolute Gasteiger partial charge is 0.340 e. The van der Waals surface area contributed by atoms with Gasteiger partial charge in [0.1, 0.15) is 0 Å². The van der Waals surface area contributed by atoms with Gasteiger partial charge in [-0.25, -0.2) is 13.2 Å². The molecule has 0 spiro atoms. The maximum absolute atomic E-state index is 12.3. The number of hydrogen-bond acceptors (Lipinski definition) is 5. The first-order valence-electron chi connectivity index (χ1n) is 8.16. The van der Waals surface area contributed by atoms with Crippen LogP contribution in [0.25, 0.3) is 0 Å². The number of rotatable bonds is 9. The van der Waals surface area contributed by atoms with E-state index in [1.165, 1.54) is 0 Å². The van der Waals surface area contributed by atoms with Crippen LogP contribution in [-0.4, -0.2) is 50.6 Å². The van der Waals surface area contributed by atoms with E-state index in [0.717, 1.165) is 10.6 Å². The number of sulfonamides is 1. The molecule has 0 radical (unpaired) electrons. The van der Waals surface area contributed by atoms with Crippen LogP contribution in [0, 0.1) is 5.92 Å². The number of esters is 1. The van der Waals surface area contributed by atoms with Gasteiger partial charge in [0.2, 0.25) is 15.9 Å². The maximum atomic E-state index is 12.3. The molecule has 0 unspecified atom stereocenters. The van der Waals surface area contributed by atoms with Gasteiger partial charge in [-0.2, -0.15) is 4.31 Å². The number of hydrogen-bond donors (Lipinski definition) is 1. The molecule has 0 saturated heterocycles. The van der Waals surface area contributed by atoms with Crippen molar-refractivity contribution >= 4 is 27.6 Å². The van der Waals surface area contributed by atoms with Crippen LogP contribution in [0.5, 0.6) is 0 Å². The second kappa shape index (κ2) is 9.53. The number of ether oxygens (including phenoxy) is 1. The van der Waals surface area contributed by atoms with Gasteiger partial charge >= 0.3 is 5.97 Å². The molecule has 1 aromatic carbocycles. The summed E-state index contributed by atoms with van der Waals surface area (Å²) >= 11 is 0. The molecule has 8 heteroatoms. The van der Waals surface area contributed by atoms with Crippen molar-refractivity contribution in [3.05, 3.63) is 29.8 Å². The number of carbonyl (C=O) groups is 2. The molecule has 0 aliphatic rings. The molecule has 0 atom stereocenters. The van der Waals surface area contributed by atoms with Crippen molar-refractivity contribution in [2.24, 2.45) is 5.92 Å². The Morgan fingerprint density at radius 3 is 2.44 bits per heavy atom. The molecule has 1 rings (SSSR count). The van der Waals surface area contributed by atoms with Gasteiger partial charge in [0.25, 0.3) is 0 Å².